The minimum atomic E-state index is -0.351. The first-order chi connectivity index (χ1) is 14.4. The Morgan fingerprint density at radius 3 is 2.70 bits per heavy atom. The van der Waals surface area contributed by atoms with Gasteiger partial charge < -0.3 is 14.9 Å². The summed E-state index contributed by atoms with van der Waals surface area (Å²) in [4.78, 5) is 31.5. The second-order valence-electron chi connectivity index (χ2n) is 7.07. The number of imidazole rings is 1. The number of benzene rings is 2. The van der Waals surface area contributed by atoms with Crippen LogP contribution >= 0.6 is 15.9 Å². The van der Waals surface area contributed by atoms with Crippen LogP contribution in [0.1, 0.15) is 22.5 Å². The molecule has 0 aliphatic carbocycles. The molecule has 4 rings (SSSR count). The summed E-state index contributed by atoms with van der Waals surface area (Å²) in [6.45, 7) is 0.534. The summed E-state index contributed by atoms with van der Waals surface area (Å²) in [7, 11) is 1.73. The minimum absolute atomic E-state index is 0.173. The van der Waals surface area contributed by atoms with E-state index in [-0.39, 0.29) is 17.4 Å². The zero-order valence-corrected chi connectivity index (χ0v) is 17.7. The number of fused-ring (bicyclic) bond motifs is 1. The molecular weight excluding hydrogens is 453 g/mol. The Bertz CT molecular complexity index is 1260. The minimum Gasteiger partial charge on any atom is -0.342 e. The van der Waals surface area contributed by atoms with Gasteiger partial charge in [-0.2, -0.15) is 5.10 Å². The lowest BCUT2D eigenvalue weighted by Gasteiger charge is -2.17. The topological polar surface area (TPSA) is 97.6 Å². The van der Waals surface area contributed by atoms with E-state index in [1.807, 2.05) is 6.07 Å². The van der Waals surface area contributed by atoms with E-state index in [2.05, 4.69) is 36.1 Å². The standard InChI is InChI=1S/C21H19BrFN5O2/c1-28(20(29)16-9-13(22)10-18-19(16)25-21(30)24-18)8-2-3-15-11-17(27-26-15)12-4-6-14(23)7-5-12/h4-7,9-11H,2-3,8H2,1H3,(H,26,27)(H2,24,25,30). The zero-order chi connectivity index (χ0) is 21.3. The van der Waals surface area contributed by atoms with E-state index in [1.54, 1.807) is 36.2 Å². The number of nitrogens with one attached hydrogen (secondary N) is 3. The van der Waals surface area contributed by atoms with Gasteiger partial charge in [-0.3, -0.25) is 9.89 Å². The number of rotatable bonds is 6. The Hall–Kier alpha value is -3.20. The van der Waals surface area contributed by atoms with Crippen molar-refractivity contribution in [3.63, 3.8) is 0 Å². The molecular formula is C21H19BrFN5O2. The summed E-state index contributed by atoms with van der Waals surface area (Å²) >= 11 is 3.38. The van der Waals surface area contributed by atoms with Crippen LogP contribution < -0.4 is 5.69 Å². The van der Waals surface area contributed by atoms with Crippen molar-refractivity contribution in [3.05, 3.63) is 74.5 Å². The molecule has 154 valence electrons. The third-order valence-corrected chi connectivity index (χ3v) is 5.34. The second-order valence-corrected chi connectivity index (χ2v) is 7.99. The Balaban J connectivity index is 1.40. The van der Waals surface area contributed by atoms with Gasteiger partial charge in [-0.1, -0.05) is 15.9 Å². The highest BCUT2D eigenvalue weighted by Gasteiger charge is 2.17. The van der Waals surface area contributed by atoms with Crippen LogP contribution in [-0.2, 0) is 6.42 Å². The molecule has 0 unspecified atom stereocenters. The van der Waals surface area contributed by atoms with E-state index in [1.165, 1.54) is 12.1 Å². The molecule has 1 amide bonds. The summed E-state index contributed by atoms with van der Waals surface area (Å²) < 4.78 is 13.8. The first-order valence-corrected chi connectivity index (χ1v) is 10.2. The van der Waals surface area contributed by atoms with Crippen LogP contribution in [0.4, 0.5) is 4.39 Å². The molecule has 0 fully saturated rings. The molecule has 0 saturated carbocycles. The van der Waals surface area contributed by atoms with Gasteiger partial charge in [-0.15, -0.1) is 0 Å². The highest BCUT2D eigenvalue weighted by atomic mass is 79.9. The molecule has 0 atom stereocenters. The van der Waals surface area contributed by atoms with E-state index < -0.39 is 0 Å². The Kier molecular flexibility index (Phi) is 5.54. The van der Waals surface area contributed by atoms with Crippen LogP contribution in [0.2, 0.25) is 0 Å². The van der Waals surface area contributed by atoms with Crippen LogP contribution in [0.15, 0.2) is 51.7 Å². The molecule has 2 aromatic carbocycles. The molecule has 4 aromatic rings. The predicted octanol–water partition coefficient (Wildman–Crippen LogP) is 3.85. The molecule has 0 aliphatic rings. The quantitative estimate of drug-likeness (QED) is 0.398. The maximum absolute atomic E-state index is 13.1. The Morgan fingerprint density at radius 1 is 1.17 bits per heavy atom. The number of aryl methyl sites for hydroxylation is 1. The Morgan fingerprint density at radius 2 is 1.93 bits per heavy atom. The third kappa shape index (κ3) is 4.20. The number of hydrogen-bond acceptors (Lipinski definition) is 3. The van der Waals surface area contributed by atoms with Gasteiger partial charge in [-0.25, -0.2) is 9.18 Å². The number of amides is 1. The number of aromatic amines is 3. The number of aromatic nitrogens is 4. The van der Waals surface area contributed by atoms with Gasteiger partial charge >= 0.3 is 5.69 Å². The molecule has 0 spiro atoms. The highest BCUT2D eigenvalue weighted by molar-refractivity contribution is 9.10. The largest absolute Gasteiger partial charge is 0.342 e. The lowest BCUT2D eigenvalue weighted by molar-refractivity contribution is 0.0795. The number of carbonyl (C=O) groups excluding carboxylic acids is 1. The first-order valence-electron chi connectivity index (χ1n) is 9.38. The number of hydrogen-bond donors (Lipinski definition) is 3. The fraction of sp³-hybridized carbons (Fsp3) is 0.190. The van der Waals surface area contributed by atoms with Crippen molar-refractivity contribution in [3.8, 4) is 11.3 Å². The fourth-order valence-corrected chi connectivity index (χ4v) is 3.81. The summed E-state index contributed by atoms with van der Waals surface area (Å²) in [5, 5.41) is 7.26. The molecule has 0 aliphatic heterocycles. The normalized spacial score (nSPS) is 11.2. The summed E-state index contributed by atoms with van der Waals surface area (Å²) in [5.74, 6) is -0.457. The van der Waals surface area contributed by atoms with Crippen molar-refractivity contribution < 1.29 is 9.18 Å². The average molecular weight is 472 g/mol. The number of nitrogens with zero attached hydrogens (tertiary/aromatic N) is 2. The van der Waals surface area contributed by atoms with Crippen LogP contribution in [0, 0.1) is 5.82 Å². The van der Waals surface area contributed by atoms with Crippen molar-refractivity contribution in [2.24, 2.45) is 0 Å². The van der Waals surface area contributed by atoms with Crippen LogP contribution in [-0.4, -0.2) is 44.6 Å². The molecule has 2 heterocycles. The van der Waals surface area contributed by atoms with Crippen LogP contribution in [0.25, 0.3) is 22.3 Å². The van der Waals surface area contributed by atoms with Gasteiger partial charge in [0.15, 0.2) is 0 Å². The van der Waals surface area contributed by atoms with Gasteiger partial charge in [0.05, 0.1) is 22.3 Å². The number of halogens is 2. The second kappa shape index (κ2) is 8.27. The van der Waals surface area contributed by atoms with E-state index in [0.717, 1.165) is 23.4 Å². The molecule has 9 heteroatoms. The first kappa shape index (κ1) is 20.1. The molecule has 30 heavy (non-hydrogen) atoms. The third-order valence-electron chi connectivity index (χ3n) is 4.88. The smallest absolute Gasteiger partial charge is 0.323 e. The highest BCUT2D eigenvalue weighted by Crippen LogP contribution is 2.22. The lowest BCUT2D eigenvalue weighted by atomic mass is 10.1. The van der Waals surface area contributed by atoms with Crippen molar-refractivity contribution in [1.82, 2.24) is 25.1 Å². The van der Waals surface area contributed by atoms with Gasteiger partial charge in [0.1, 0.15) is 5.82 Å². The van der Waals surface area contributed by atoms with Gasteiger partial charge in [0.25, 0.3) is 5.91 Å². The maximum atomic E-state index is 13.1. The van der Waals surface area contributed by atoms with Crippen molar-refractivity contribution in [2.75, 3.05) is 13.6 Å². The molecule has 2 aromatic heterocycles. The van der Waals surface area contributed by atoms with Crippen molar-refractivity contribution >= 4 is 32.9 Å². The molecule has 0 radical (unpaired) electrons. The molecule has 3 N–H and O–H groups in total. The van der Waals surface area contributed by atoms with Crippen molar-refractivity contribution in [1.29, 1.82) is 0 Å². The fourth-order valence-electron chi connectivity index (χ4n) is 3.35. The van der Waals surface area contributed by atoms with Gasteiger partial charge in [0.2, 0.25) is 0 Å². The van der Waals surface area contributed by atoms with Gasteiger partial charge in [-0.05, 0) is 55.3 Å². The molecule has 0 bridgehead atoms. The Labute approximate surface area is 179 Å². The van der Waals surface area contributed by atoms with Crippen LogP contribution in [0.5, 0.6) is 0 Å². The SMILES string of the molecule is CN(CCCc1cc(-c2ccc(F)cc2)n[nH]1)C(=O)c1cc(Br)cc2[nH]c(=O)[nH]c12. The predicted molar refractivity (Wildman–Crippen MR) is 116 cm³/mol. The molecule has 7 nitrogen and oxygen atoms in total. The summed E-state index contributed by atoms with van der Waals surface area (Å²) in [5.41, 5.74) is 3.69. The summed E-state index contributed by atoms with van der Waals surface area (Å²) in [6.07, 6.45) is 1.44. The zero-order valence-electron chi connectivity index (χ0n) is 16.1. The average Bonchev–Trinajstić information content (AvgIpc) is 3.33. The van der Waals surface area contributed by atoms with Gasteiger partial charge in [0, 0.05) is 29.3 Å². The number of H-pyrrole nitrogens is 3. The number of carbonyl (C=O) groups is 1. The van der Waals surface area contributed by atoms with E-state index in [0.29, 0.717) is 34.0 Å². The van der Waals surface area contributed by atoms with E-state index in [4.69, 9.17) is 0 Å². The maximum Gasteiger partial charge on any atom is 0.323 e. The lowest BCUT2D eigenvalue weighted by Crippen LogP contribution is -2.28. The van der Waals surface area contributed by atoms with Crippen LogP contribution in [0.3, 0.4) is 0 Å². The monoisotopic (exact) mass is 471 g/mol. The van der Waals surface area contributed by atoms with Crippen molar-refractivity contribution in [2.45, 2.75) is 12.8 Å². The van der Waals surface area contributed by atoms with E-state index in [9.17, 15) is 14.0 Å². The molecule has 0 saturated heterocycles. The van der Waals surface area contributed by atoms with E-state index >= 15 is 0 Å². The summed E-state index contributed by atoms with van der Waals surface area (Å²) in [6, 6.07) is 11.6.